The maximum absolute atomic E-state index is 12.7. The van der Waals surface area contributed by atoms with Crippen molar-refractivity contribution in [3.8, 4) is 0 Å². The lowest BCUT2D eigenvalue weighted by Gasteiger charge is -2.35. The summed E-state index contributed by atoms with van der Waals surface area (Å²) in [5.74, 6) is -0.419. The van der Waals surface area contributed by atoms with Crippen LogP contribution in [0.3, 0.4) is 0 Å². The second-order valence-electron chi connectivity index (χ2n) is 6.50. The van der Waals surface area contributed by atoms with Crippen LogP contribution >= 0.6 is 0 Å². The van der Waals surface area contributed by atoms with Crippen molar-refractivity contribution in [1.82, 2.24) is 10.2 Å². The van der Waals surface area contributed by atoms with E-state index in [4.69, 9.17) is 0 Å². The Kier molecular flexibility index (Phi) is 5.73. The van der Waals surface area contributed by atoms with Gasteiger partial charge in [0.25, 0.3) is 0 Å². The number of piperidine rings is 1. The van der Waals surface area contributed by atoms with Crippen molar-refractivity contribution in [2.75, 3.05) is 26.2 Å². The van der Waals surface area contributed by atoms with E-state index in [-0.39, 0.29) is 6.54 Å². The molecule has 118 valence electrons. The maximum Gasteiger partial charge on any atom is 0.393 e. The molecule has 0 aromatic rings. The summed E-state index contributed by atoms with van der Waals surface area (Å²) in [5.41, 5.74) is 0. The quantitative estimate of drug-likeness (QED) is 0.854. The van der Waals surface area contributed by atoms with Crippen LogP contribution in [-0.4, -0.2) is 43.3 Å². The molecule has 3 atom stereocenters. The van der Waals surface area contributed by atoms with Gasteiger partial charge in [-0.15, -0.1) is 0 Å². The van der Waals surface area contributed by atoms with E-state index in [9.17, 15) is 13.2 Å². The summed E-state index contributed by atoms with van der Waals surface area (Å²) >= 11 is 0. The molecular weight excluding hydrogens is 265 g/mol. The van der Waals surface area contributed by atoms with Crippen LogP contribution in [0, 0.1) is 11.8 Å². The molecule has 2 fully saturated rings. The van der Waals surface area contributed by atoms with Crippen LogP contribution in [0.15, 0.2) is 0 Å². The third-order valence-electron chi connectivity index (χ3n) is 4.91. The Balaban J connectivity index is 1.68. The lowest BCUT2D eigenvalue weighted by Crippen LogP contribution is -2.46. The molecular formula is C15H27F3N2. The number of alkyl halides is 3. The fraction of sp³-hybridized carbons (Fsp3) is 1.00. The zero-order chi connectivity index (χ0) is 14.6. The van der Waals surface area contributed by atoms with Gasteiger partial charge in [0.15, 0.2) is 0 Å². The molecule has 3 unspecified atom stereocenters. The summed E-state index contributed by atoms with van der Waals surface area (Å²) in [7, 11) is 0. The molecule has 0 bridgehead atoms. The molecule has 1 N–H and O–H groups in total. The van der Waals surface area contributed by atoms with Crippen LogP contribution in [0.2, 0.25) is 0 Å². The summed E-state index contributed by atoms with van der Waals surface area (Å²) in [6.45, 7) is 4.84. The van der Waals surface area contributed by atoms with Crippen molar-refractivity contribution < 1.29 is 13.2 Å². The second-order valence-corrected chi connectivity index (χ2v) is 6.50. The lowest BCUT2D eigenvalue weighted by atomic mass is 9.86. The average Bonchev–Trinajstić information content (AvgIpc) is 2.40. The third kappa shape index (κ3) is 4.62. The first-order chi connectivity index (χ1) is 9.47. The van der Waals surface area contributed by atoms with Gasteiger partial charge in [-0.25, -0.2) is 0 Å². The van der Waals surface area contributed by atoms with Crippen LogP contribution in [0.25, 0.3) is 0 Å². The molecule has 20 heavy (non-hydrogen) atoms. The van der Waals surface area contributed by atoms with E-state index in [1.165, 1.54) is 25.7 Å². The molecule has 0 amide bonds. The standard InChI is InChI=1S/C15H27F3N2/c1-12-5-2-3-7-14(12)19-8-10-20-9-4-6-13(11-20)15(16,17)18/h12-14,19H,2-11H2,1H3. The smallest absolute Gasteiger partial charge is 0.312 e. The van der Waals surface area contributed by atoms with Gasteiger partial charge in [0.1, 0.15) is 0 Å². The fourth-order valence-corrected chi connectivity index (χ4v) is 3.55. The number of likely N-dealkylation sites (tertiary alicyclic amines) is 1. The molecule has 1 aliphatic carbocycles. The summed E-state index contributed by atoms with van der Waals surface area (Å²) < 4.78 is 38.2. The molecule has 2 rings (SSSR count). The van der Waals surface area contributed by atoms with Gasteiger partial charge in [0, 0.05) is 25.7 Å². The fourth-order valence-electron chi connectivity index (χ4n) is 3.55. The zero-order valence-electron chi connectivity index (χ0n) is 12.4. The third-order valence-corrected chi connectivity index (χ3v) is 4.91. The predicted molar refractivity (Wildman–Crippen MR) is 74.6 cm³/mol. The summed E-state index contributed by atoms with van der Waals surface area (Å²) in [6, 6.07) is 0.562. The number of hydrogen-bond acceptors (Lipinski definition) is 2. The van der Waals surface area contributed by atoms with E-state index < -0.39 is 12.1 Å². The summed E-state index contributed by atoms with van der Waals surface area (Å²) in [5, 5.41) is 3.55. The minimum absolute atomic E-state index is 0.186. The highest BCUT2D eigenvalue weighted by atomic mass is 19.4. The van der Waals surface area contributed by atoms with Gasteiger partial charge >= 0.3 is 6.18 Å². The van der Waals surface area contributed by atoms with Crippen LogP contribution in [0.4, 0.5) is 13.2 Å². The Morgan fingerprint density at radius 3 is 2.55 bits per heavy atom. The molecule has 2 nitrogen and oxygen atoms in total. The number of nitrogens with one attached hydrogen (secondary N) is 1. The summed E-state index contributed by atoms with van der Waals surface area (Å²) in [4.78, 5) is 1.97. The van der Waals surface area contributed by atoms with Crippen molar-refractivity contribution in [3.63, 3.8) is 0 Å². The Labute approximate surface area is 120 Å². The minimum Gasteiger partial charge on any atom is -0.312 e. The Bertz CT molecular complexity index is 293. The lowest BCUT2D eigenvalue weighted by molar-refractivity contribution is -0.186. The number of halogens is 3. The SMILES string of the molecule is CC1CCCCC1NCCN1CCCC(C(F)(F)F)C1. The van der Waals surface area contributed by atoms with Gasteiger partial charge in [-0.05, 0) is 38.1 Å². The second kappa shape index (κ2) is 7.12. The minimum atomic E-state index is -4.02. The molecule has 1 saturated carbocycles. The largest absolute Gasteiger partial charge is 0.393 e. The van der Waals surface area contributed by atoms with Crippen molar-refractivity contribution in [1.29, 1.82) is 0 Å². The first-order valence-electron chi connectivity index (χ1n) is 7.99. The van der Waals surface area contributed by atoms with Gasteiger partial charge in [-0.3, -0.25) is 0 Å². The highest BCUT2D eigenvalue weighted by molar-refractivity contribution is 4.81. The van der Waals surface area contributed by atoms with Crippen LogP contribution in [0.1, 0.15) is 45.4 Å². The van der Waals surface area contributed by atoms with Gasteiger partial charge in [0.2, 0.25) is 0 Å². The molecule has 2 aliphatic rings. The Morgan fingerprint density at radius 1 is 1.10 bits per heavy atom. The Morgan fingerprint density at radius 2 is 1.85 bits per heavy atom. The molecule has 1 saturated heterocycles. The van der Waals surface area contributed by atoms with Crippen molar-refractivity contribution >= 4 is 0 Å². The monoisotopic (exact) mass is 292 g/mol. The molecule has 0 spiro atoms. The van der Waals surface area contributed by atoms with E-state index in [2.05, 4.69) is 12.2 Å². The van der Waals surface area contributed by atoms with Crippen molar-refractivity contribution in [2.45, 2.75) is 57.7 Å². The highest BCUT2D eigenvalue weighted by Crippen LogP contribution is 2.32. The maximum atomic E-state index is 12.7. The van der Waals surface area contributed by atoms with Gasteiger partial charge in [-0.2, -0.15) is 13.2 Å². The van der Waals surface area contributed by atoms with Gasteiger partial charge in [0.05, 0.1) is 5.92 Å². The first-order valence-corrected chi connectivity index (χ1v) is 7.99. The first kappa shape index (κ1) is 16.1. The van der Waals surface area contributed by atoms with Gasteiger partial charge in [-0.1, -0.05) is 19.8 Å². The molecule has 0 aromatic carbocycles. The molecule has 1 heterocycles. The predicted octanol–water partition coefficient (Wildman–Crippen LogP) is 3.43. The van der Waals surface area contributed by atoms with E-state index in [1.54, 1.807) is 0 Å². The van der Waals surface area contributed by atoms with Crippen LogP contribution in [0.5, 0.6) is 0 Å². The van der Waals surface area contributed by atoms with E-state index in [1.807, 2.05) is 4.90 Å². The normalized spacial score (nSPS) is 33.3. The average molecular weight is 292 g/mol. The van der Waals surface area contributed by atoms with E-state index >= 15 is 0 Å². The van der Waals surface area contributed by atoms with Gasteiger partial charge < -0.3 is 10.2 Å². The Hall–Kier alpha value is -0.290. The summed E-state index contributed by atoms with van der Waals surface area (Å²) in [6.07, 6.45) is 2.03. The number of rotatable bonds is 4. The van der Waals surface area contributed by atoms with E-state index in [0.717, 1.165) is 19.6 Å². The molecule has 0 aromatic heterocycles. The zero-order valence-corrected chi connectivity index (χ0v) is 12.4. The number of nitrogens with zero attached hydrogens (tertiary/aromatic N) is 1. The van der Waals surface area contributed by atoms with Crippen LogP contribution in [-0.2, 0) is 0 Å². The van der Waals surface area contributed by atoms with Crippen molar-refractivity contribution in [3.05, 3.63) is 0 Å². The van der Waals surface area contributed by atoms with Crippen LogP contribution < -0.4 is 5.32 Å². The van der Waals surface area contributed by atoms with Crippen molar-refractivity contribution in [2.24, 2.45) is 11.8 Å². The number of hydrogen-bond donors (Lipinski definition) is 1. The topological polar surface area (TPSA) is 15.3 Å². The molecule has 1 aliphatic heterocycles. The highest BCUT2D eigenvalue weighted by Gasteiger charge is 2.41. The molecule has 5 heteroatoms. The van der Waals surface area contributed by atoms with E-state index in [0.29, 0.717) is 24.8 Å². The molecule has 0 radical (unpaired) electrons.